The highest BCUT2D eigenvalue weighted by atomic mass is 19.1. The van der Waals surface area contributed by atoms with E-state index in [1.165, 1.54) is 12.8 Å². The highest BCUT2D eigenvalue weighted by molar-refractivity contribution is 5.30. The molecule has 1 aromatic rings. The summed E-state index contributed by atoms with van der Waals surface area (Å²) in [5, 5.41) is 3.32. The monoisotopic (exact) mass is 251 g/mol. The summed E-state index contributed by atoms with van der Waals surface area (Å²) >= 11 is 0. The number of ether oxygens (including phenoxy) is 1. The van der Waals surface area contributed by atoms with Crippen molar-refractivity contribution in [1.29, 1.82) is 0 Å². The lowest BCUT2D eigenvalue weighted by atomic mass is 10.0. The lowest BCUT2D eigenvalue weighted by molar-refractivity contribution is 0.298. The van der Waals surface area contributed by atoms with Crippen LogP contribution in [0.2, 0.25) is 0 Å². The van der Waals surface area contributed by atoms with Crippen LogP contribution in [0.5, 0.6) is 5.75 Å². The second kappa shape index (κ2) is 6.19. The minimum absolute atomic E-state index is 0.261. The zero-order valence-electron chi connectivity index (χ0n) is 11.2. The molecule has 100 valence electrons. The van der Waals surface area contributed by atoms with Gasteiger partial charge in [0.15, 0.2) is 11.6 Å². The largest absolute Gasteiger partial charge is 0.489 e. The zero-order valence-corrected chi connectivity index (χ0v) is 11.2. The molecule has 0 radical (unpaired) electrons. The van der Waals surface area contributed by atoms with Crippen molar-refractivity contribution in [2.45, 2.75) is 32.6 Å². The summed E-state index contributed by atoms with van der Waals surface area (Å²) in [5.41, 5.74) is 1.01. The van der Waals surface area contributed by atoms with Crippen LogP contribution in [0.4, 0.5) is 4.39 Å². The van der Waals surface area contributed by atoms with Crippen molar-refractivity contribution in [3.05, 3.63) is 29.6 Å². The number of rotatable bonds is 7. The Balaban J connectivity index is 1.74. The Bertz CT molecular complexity index is 388. The fourth-order valence-corrected chi connectivity index (χ4v) is 1.85. The number of halogens is 1. The third-order valence-electron chi connectivity index (χ3n) is 3.29. The molecule has 0 aromatic heterocycles. The molecule has 18 heavy (non-hydrogen) atoms. The van der Waals surface area contributed by atoms with Crippen LogP contribution < -0.4 is 10.1 Å². The van der Waals surface area contributed by atoms with Crippen LogP contribution in [-0.2, 0) is 0 Å². The molecule has 1 aromatic carbocycles. The Kier molecular flexibility index (Phi) is 4.59. The molecule has 0 atom stereocenters. The topological polar surface area (TPSA) is 21.3 Å². The third kappa shape index (κ3) is 3.98. The first-order valence-electron chi connectivity index (χ1n) is 6.80. The molecule has 1 saturated carbocycles. The molecule has 0 bridgehead atoms. The standard InChI is InChI=1S/C15H22FNO/c1-11(2)13-5-6-15(14(16)9-13)18-8-7-17-10-12-3-4-12/h5-6,9,11-12,17H,3-4,7-8,10H2,1-2H3. The smallest absolute Gasteiger partial charge is 0.165 e. The minimum Gasteiger partial charge on any atom is -0.489 e. The van der Waals surface area contributed by atoms with Gasteiger partial charge < -0.3 is 10.1 Å². The molecule has 2 nitrogen and oxygen atoms in total. The van der Waals surface area contributed by atoms with E-state index in [-0.39, 0.29) is 5.82 Å². The van der Waals surface area contributed by atoms with Crippen LogP contribution in [0, 0.1) is 11.7 Å². The summed E-state index contributed by atoms with van der Waals surface area (Å²) in [5.74, 6) is 1.30. The first kappa shape index (κ1) is 13.3. The van der Waals surface area contributed by atoms with Gasteiger partial charge in [-0.15, -0.1) is 0 Å². The van der Waals surface area contributed by atoms with Crippen molar-refractivity contribution in [1.82, 2.24) is 5.32 Å². The average molecular weight is 251 g/mol. The highest BCUT2D eigenvalue weighted by Crippen LogP contribution is 2.27. The van der Waals surface area contributed by atoms with Gasteiger partial charge in [0, 0.05) is 6.54 Å². The van der Waals surface area contributed by atoms with E-state index in [1.807, 2.05) is 6.07 Å². The van der Waals surface area contributed by atoms with Crippen molar-refractivity contribution in [2.24, 2.45) is 5.92 Å². The summed E-state index contributed by atoms with van der Waals surface area (Å²) in [6.45, 7) is 6.47. The first-order valence-corrected chi connectivity index (χ1v) is 6.80. The Hall–Kier alpha value is -1.09. The van der Waals surface area contributed by atoms with Gasteiger partial charge in [-0.3, -0.25) is 0 Å². The van der Waals surface area contributed by atoms with E-state index in [1.54, 1.807) is 12.1 Å². The zero-order chi connectivity index (χ0) is 13.0. The molecule has 1 fully saturated rings. The molecular weight excluding hydrogens is 229 g/mol. The predicted molar refractivity (Wildman–Crippen MR) is 71.6 cm³/mol. The van der Waals surface area contributed by atoms with E-state index in [0.717, 1.165) is 24.6 Å². The molecule has 1 N–H and O–H groups in total. The third-order valence-corrected chi connectivity index (χ3v) is 3.29. The van der Waals surface area contributed by atoms with Gasteiger partial charge in [0.2, 0.25) is 0 Å². The van der Waals surface area contributed by atoms with Crippen LogP contribution in [0.3, 0.4) is 0 Å². The molecule has 0 heterocycles. The molecule has 3 heteroatoms. The minimum atomic E-state index is -0.261. The van der Waals surface area contributed by atoms with Crippen LogP contribution in [-0.4, -0.2) is 19.7 Å². The SMILES string of the molecule is CC(C)c1ccc(OCCNCC2CC2)c(F)c1. The summed E-state index contributed by atoms with van der Waals surface area (Å²) < 4.78 is 19.1. The predicted octanol–water partition coefficient (Wildman–Crippen LogP) is 3.33. The van der Waals surface area contributed by atoms with Gasteiger partial charge in [0.25, 0.3) is 0 Å². The van der Waals surface area contributed by atoms with Gasteiger partial charge in [-0.2, -0.15) is 0 Å². The molecule has 1 aliphatic carbocycles. The average Bonchev–Trinajstić information content (AvgIpc) is 3.14. The van der Waals surface area contributed by atoms with Gasteiger partial charge in [-0.1, -0.05) is 19.9 Å². The Morgan fingerprint density at radius 3 is 2.78 bits per heavy atom. The quantitative estimate of drug-likeness (QED) is 0.751. The van der Waals surface area contributed by atoms with Crippen molar-refractivity contribution in [2.75, 3.05) is 19.7 Å². The number of nitrogens with one attached hydrogen (secondary N) is 1. The van der Waals surface area contributed by atoms with E-state index in [4.69, 9.17) is 4.74 Å². The Morgan fingerprint density at radius 2 is 2.17 bits per heavy atom. The van der Waals surface area contributed by atoms with E-state index in [0.29, 0.717) is 18.3 Å². The molecule has 0 saturated heterocycles. The van der Waals surface area contributed by atoms with Crippen molar-refractivity contribution >= 4 is 0 Å². The van der Waals surface area contributed by atoms with Gasteiger partial charge in [0.05, 0.1) is 0 Å². The first-order chi connectivity index (χ1) is 8.66. The fourth-order valence-electron chi connectivity index (χ4n) is 1.85. The van der Waals surface area contributed by atoms with Crippen LogP contribution in [0.25, 0.3) is 0 Å². The van der Waals surface area contributed by atoms with E-state index in [9.17, 15) is 4.39 Å². The van der Waals surface area contributed by atoms with Crippen molar-refractivity contribution < 1.29 is 9.13 Å². The normalized spacial score (nSPS) is 15.1. The second-order valence-electron chi connectivity index (χ2n) is 5.34. The summed E-state index contributed by atoms with van der Waals surface area (Å²) in [4.78, 5) is 0. The lowest BCUT2D eigenvalue weighted by Gasteiger charge is -2.10. The lowest BCUT2D eigenvalue weighted by Crippen LogP contribution is -2.23. The Morgan fingerprint density at radius 1 is 1.39 bits per heavy atom. The fraction of sp³-hybridized carbons (Fsp3) is 0.600. The van der Waals surface area contributed by atoms with Crippen molar-refractivity contribution in [3.8, 4) is 5.75 Å². The summed E-state index contributed by atoms with van der Waals surface area (Å²) in [6.07, 6.45) is 2.69. The summed E-state index contributed by atoms with van der Waals surface area (Å²) in [7, 11) is 0. The second-order valence-corrected chi connectivity index (χ2v) is 5.34. The van der Waals surface area contributed by atoms with Crippen LogP contribution >= 0.6 is 0 Å². The Labute approximate surface area is 109 Å². The van der Waals surface area contributed by atoms with E-state index >= 15 is 0 Å². The maximum absolute atomic E-state index is 13.7. The van der Waals surface area contributed by atoms with E-state index in [2.05, 4.69) is 19.2 Å². The van der Waals surface area contributed by atoms with Gasteiger partial charge in [0.1, 0.15) is 6.61 Å². The molecule has 1 aliphatic rings. The maximum Gasteiger partial charge on any atom is 0.165 e. The van der Waals surface area contributed by atoms with Gasteiger partial charge in [-0.25, -0.2) is 4.39 Å². The number of hydrogen-bond donors (Lipinski definition) is 1. The molecule has 2 rings (SSSR count). The van der Waals surface area contributed by atoms with Gasteiger partial charge >= 0.3 is 0 Å². The van der Waals surface area contributed by atoms with Gasteiger partial charge in [-0.05, 0) is 48.9 Å². The van der Waals surface area contributed by atoms with E-state index < -0.39 is 0 Å². The van der Waals surface area contributed by atoms with Crippen LogP contribution in [0.15, 0.2) is 18.2 Å². The maximum atomic E-state index is 13.7. The molecule has 0 aliphatic heterocycles. The molecule has 0 amide bonds. The number of hydrogen-bond acceptors (Lipinski definition) is 2. The highest BCUT2D eigenvalue weighted by Gasteiger charge is 2.19. The van der Waals surface area contributed by atoms with Crippen molar-refractivity contribution in [3.63, 3.8) is 0 Å². The summed E-state index contributed by atoms with van der Waals surface area (Å²) in [6, 6.07) is 5.23. The number of benzene rings is 1. The van der Waals surface area contributed by atoms with Crippen LogP contribution in [0.1, 0.15) is 38.2 Å². The molecule has 0 unspecified atom stereocenters. The molecular formula is C15H22FNO. The molecule has 0 spiro atoms.